The maximum absolute atomic E-state index is 7.48. The molecule has 0 radical (unpaired) electrons. The molecule has 0 unspecified atom stereocenters. The van der Waals surface area contributed by atoms with Gasteiger partial charge in [0.05, 0.1) is 26.2 Å². The Hall–Kier alpha value is -1.26. The highest BCUT2D eigenvalue weighted by Gasteiger charge is 2.25. The molecule has 0 saturated heterocycles. The summed E-state index contributed by atoms with van der Waals surface area (Å²) in [6, 6.07) is 0. The van der Waals surface area contributed by atoms with Crippen LogP contribution in [0.5, 0.6) is 0 Å². The van der Waals surface area contributed by atoms with Crippen molar-refractivity contribution < 1.29 is 4.48 Å². The van der Waals surface area contributed by atoms with E-state index in [1.807, 2.05) is 0 Å². The van der Waals surface area contributed by atoms with Crippen LogP contribution in [-0.2, 0) is 0 Å². The van der Waals surface area contributed by atoms with E-state index in [1.54, 1.807) is 5.32 Å². The minimum Gasteiger partial charge on any atom is -0.324 e. The second-order valence-electron chi connectivity index (χ2n) is 11.7. The molecule has 4 nitrogen and oxygen atoms in total. The van der Waals surface area contributed by atoms with Crippen molar-refractivity contribution in [2.24, 2.45) is 0 Å². The predicted octanol–water partition coefficient (Wildman–Crippen LogP) is 10.8. The van der Waals surface area contributed by atoms with Crippen LogP contribution in [0.2, 0.25) is 0 Å². The van der Waals surface area contributed by atoms with Crippen molar-refractivity contribution in [3.63, 3.8) is 0 Å². The first-order valence-corrected chi connectivity index (χ1v) is 17.0. The van der Waals surface area contributed by atoms with E-state index in [0.717, 1.165) is 0 Å². The first-order valence-electron chi connectivity index (χ1n) is 17.0. The van der Waals surface area contributed by atoms with Crippen LogP contribution in [0.15, 0.2) is 0 Å². The molecular weight excluding hydrogens is 464 g/mol. The maximum atomic E-state index is 7.48. The van der Waals surface area contributed by atoms with Gasteiger partial charge >= 0.3 is 0 Å². The molecule has 0 amide bonds. The summed E-state index contributed by atoms with van der Waals surface area (Å²) in [4.78, 5) is 0. The van der Waals surface area contributed by atoms with Crippen LogP contribution in [-0.4, -0.2) is 30.7 Å². The molecule has 0 bridgehead atoms. The molecule has 0 aromatic heterocycles. The predicted molar refractivity (Wildman–Crippen MR) is 168 cm³/mol. The molecule has 0 aromatic rings. The maximum Gasteiger partial charge on any atom is 0.190 e. The van der Waals surface area contributed by atoms with E-state index in [-0.39, 0.29) is 0 Å². The highest BCUT2D eigenvalue weighted by molar-refractivity contribution is 4.77. The van der Waals surface area contributed by atoms with Crippen LogP contribution in [0.1, 0.15) is 182 Å². The summed E-state index contributed by atoms with van der Waals surface area (Å²) in [7, 11) is 0. The number of nitrogens with one attached hydrogen (secondary N) is 1. The van der Waals surface area contributed by atoms with Gasteiger partial charge in [0.25, 0.3) is 0 Å². The van der Waals surface area contributed by atoms with Gasteiger partial charge in [-0.3, -0.25) is 0 Å². The molecule has 224 valence electrons. The molecule has 0 aliphatic heterocycles. The Morgan fingerprint density at radius 2 is 0.579 bits per heavy atom. The van der Waals surface area contributed by atoms with Crippen LogP contribution in [0, 0.1) is 22.9 Å². The molecule has 0 heterocycles. The summed E-state index contributed by atoms with van der Waals surface area (Å²) in [6.45, 7) is 15.2. The zero-order valence-electron chi connectivity index (χ0n) is 26.6. The van der Waals surface area contributed by atoms with Gasteiger partial charge in [0.2, 0.25) is 0 Å². The van der Waals surface area contributed by atoms with Gasteiger partial charge in [-0.05, 0) is 51.4 Å². The molecule has 0 aromatic carbocycles. The average molecular weight is 534 g/mol. The van der Waals surface area contributed by atoms with E-state index in [2.05, 4.69) is 27.7 Å². The summed E-state index contributed by atoms with van der Waals surface area (Å²) < 4.78 is 1.47. The fourth-order valence-electron chi connectivity index (χ4n) is 5.61. The van der Waals surface area contributed by atoms with E-state index >= 15 is 0 Å². The second kappa shape index (κ2) is 33.8. The van der Waals surface area contributed by atoms with Gasteiger partial charge in [-0.15, -0.1) is 0 Å². The Bertz CT molecular complexity index is 476. The normalized spacial score (nSPS) is 10.9. The summed E-state index contributed by atoms with van der Waals surface area (Å²) in [5.41, 5.74) is 0. The molecule has 38 heavy (non-hydrogen) atoms. The Morgan fingerprint density at radius 3 is 0.789 bits per heavy atom. The van der Waals surface area contributed by atoms with Crippen molar-refractivity contribution in [2.75, 3.05) is 26.2 Å². The molecule has 0 spiro atoms. The molecule has 4 heteroatoms. The fourth-order valence-corrected chi connectivity index (χ4v) is 5.61. The zero-order chi connectivity index (χ0) is 28.4. The number of hydrogen-bond donors (Lipinski definition) is 1. The molecule has 1 N–H and O–H groups in total. The van der Waals surface area contributed by atoms with Crippen LogP contribution in [0.25, 0.3) is 0 Å². The summed E-state index contributed by atoms with van der Waals surface area (Å²) >= 11 is 0. The SMILES string of the molecule is CCCCCCCCCCCCCC[N+](CCCCCC)(CCCCCC)CCCCCC.N#CNC#N. The molecule has 0 atom stereocenters. The lowest BCUT2D eigenvalue weighted by atomic mass is 10.0. The minimum absolute atomic E-state index is 1.37. The molecule has 0 saturated carbocycles. The van der Waals surface area contributed by atoms with Gasteiger partial charge in [-0.25, -0.2) is 5.32 Å². The van der Waals surface area contributed by atoms with Gasteiger partial charge < -0.3 is 4.48 Å². The highest BCUT2D eigenvalue weighted by atomic mass is 15.3. The Morgan fingerprint density at radius 1 is 0.368 bits per heavy atom. The first kappa shape index (κ1) is 38.9. The molecule has 0 aliphatic carbocycles. The standard InChI is InChI=1S/C32H68N.C2HN3/c1-5-9-13-17-18-19-20-21-22-23-24-28-32-33(29-25-14-10-6-2,30-26-15-11-7-3)31-27-16-12-8-4;3-1-5-2-4/h5-32H2,1-4H3;5H/q+1;. The van der Waals surface area contributed by atoms with Crippen molar-refractivity contribution >= 4 is 0 Å². The van der Waals surface area contributed by atoms with Gasteiger partial charge in [0.1, 0.15) is 0 Å². The zero-order valence-corrected chi connectivity index (χ0v) is 26.6. The number of nitriles is 2. The molecule has 0 aliphatic rings. The quantitative estimate of drug-likeness (QED) is 0.0471. The number of nitrogens with zero attached hydrogens (tertiary/aromatic N) is 3. The monoisotopic (exact) mass is 534 g/mol. The number of quaternary nitrogens is 1. The van der Waals surface area contributed by atoms with Gasteiger partial charge in [-0.2, -0.15) is 10.5 Å². The Kier molecular flexibility index (Phi) is 34.6. The highest BCUT2D eigenvalue weighted by Crippen LogP contribution is 2.20. The van der Waals surface area contributed by atoms with Crippen LogP contribution in [0.3, 0.4) is 0 Å². The third kappa shape index (κ3) is 29.3. The molecule has 0 rings (SSSR count). The largest absolute Gasteiger partial charge is 0.324 e. The van der Waals surface area contributed by atoms with E-state index in [1.165, 1.54) is 197 Å². The Balaban J connectivity index is 0. The number of unbranched alkanes of at least 4 members (excludes halogenated alkanes) is 20. The summed E-state index contributed by atoms with van der Waals surface area (Å²) in [5.74, 6) is 0. The third-order valence-corrected chi connectivity index (χ3v) is 8.06. The first-order chi connectivity index (χ1) is 18.7. The van der Waals surface area contributed by atoms with E-state index < -0.39 is 0 Å². The minimum atomic E-state index is 1.37. The van der Waals surface area contributed by atoms with Crippen molar-refractivity contribution in [2.45, 2.75) is 182 Å². The lowest BCUT2D eigenvalue weighted by molar-refractivity contribution is -0.929. The van der Waals surface area contributed by atoms with E-state index in [4.69, 9.17) is 10.5 Å². The summed E-state index contributed by atoms with van der Waals surface area (Å²) in [6.07, 6.45) is 37.6. The lowest BCUT2D eigenvalue weighted by Gasteiger charge is -2.39. The van der Waals surface area contributed by atoms with Crippen molar-refractivity contribution in [1.29, 1.82) is 10.5 Å². The molecule has 0 fully saturated rings. The topological polar surface area (TPSA) is 59.6 Å². The van der Waals surface area contributed by atoms with Crippen molar-refractivity contribution in [3.05, 3.63) is 0 Å². The van der Waals surface area contributed by atoms with Gasteiger partial charge in [0.15, 0.2) is 12.4 Å². The van der Waals surface area contributed by atoms with E-state index in [0.29, 0.717) is 0 Å². The molecular formula is C34H69N4+. The van der Waals surface area contributed by atoms with Crippen LogP contribution < -0.4 is 5.32 Å². The van der Waals surface area contributed by atoms with E-state index in [9.17, 15) is 0 Å². The fraction of sp³-hybridized carbons (Fsp3) is 0.941. The van der Waals surface area contributed by atoms with Gasteiger partial charge in [-0.1, -0.05) is 130 Å². The smallest absolute Gasteiger partial charge is 0.190 e. The third-order valence-electron chi connectivity index (χ3n) is 8.06. The van der Waals surface area contributed by atoms with Gasteiger partial charge in [0, 0.05) is 0 Å². The average Bonchev–Trinajstić information content (AvgIpc) is 2.93. The Labute approximate surface area is 240 Å². The van der Waals surface area contributed by atoms with Crippen LogP contribution >= 0.6 is 0 Å². The number of rotatable bonds is 28. The van der Waals surface area contributed by atoms with Crippen LogP contribution in [0.4, 0.5) is 0 Å². The van der Waals surface area contributed by atoms with Crippen molar-refractivity contribution in [3.8, 4) is 12.4 Å². The van der Waals surface area contributed by atoms with Crippen molar-refractivity contribution in [1.82, 2.24) is 5.32 Å². The second-order valence-corrected chi connectivity index (χ2v) is 11.7. The number of hydrogen-bond acceptors (Lipinski definition) is 3. The lowest BCUT2D eigenvalue weighted by Crippen LogP contribution is -2.50. The summed E-state index contributed by atoms with van der Waals surface area (Å²) in [5, 5.41) is 16.7.